The lowest BCUT2D eigenvalue weighted by molar-refractivity contribution is 0.616. The SMILES string of the molecule is Cc1ccc2c(c1Cl)C(c1[nH]c(=O)ccc1F)=N[C@@H](C)c1nc3c(n1-2)CCC3. The van der Waals surface area contributed by atoms with Gasteiger partial charge in [-0.2, -0.15) is 0 Å². The van der Waals surface area contributed by atoms with Crippen LogP contribution >= 0.6 is 11.6 Å². The molecule has 0 saturated heterocycles. The van der Waals surface area contributed by atoms with Gasteiger partial charge >= 0.3 is 0 Å². The summed E-state index contributed by atoms with van der Waals surface area (Å²) >= 11 is 6.72. The second kappa shape index (κ2) is 6.14. The molecule has 0 fully saturated rings. The Morgan fingerprint density at radius 1 is 1.25 bits per heavy atom. The van der Waals surface area contributed by atoms with Gasteiger partial charge in [-0.25, -0.2) is 9.37 Å². The Balaban J connectivity index is 1.89. The molecule has 0 saturated carbocycles. The molecule has 0 amide bonds. The van der Waals surface area contributed by atoms with Gasteiger partial charge in [0.25, 0.3) is 0 Å². The Morgan fingerprint density at radius 3 is 2.89 bits per heavy atom. The monoisotopic (exact) mass is 396 g/mol. The van der Waals surface area contributed by atoms with Gasteiger partial charge in [0.1, 0.15) is 23.4 Å². The average Bonchev–Trinajstić information content (AvgIpc) is 3.23. The summed E-state index contributed by atoms with van der Waals surface area (Å²) in [5, 5.41) is 0.501. The van der Waals surface area contributed by atoms with Crippen LogP contribution in [0.3, 0.4) is 0 Å². The lowest BCUT2D eigenvalue weighted by Gasteiger charge is -2.17. The van der Waals surface area contributed by atoms with Crippen molar-refractivity contribution in [2.75, 3.05) is 0 Å². The van der Waals surface area contributed by atoms with Crippen LogP contribution in [0.1, 0.15) is 53.4 Å². The molecule has 142 valence electrons. The van der Waals surface area contributed by atoms with Crippen molar-refractivity contribution in [1.82, 2.24) is 14.5 Å². The zero-order chi connectivity index (χ0) is 19.6. The Morgan fingerprint density at radius 2 is 2.07 bits per heavy atom. The molecule has 1 aliphatic heterocycles. The molecule has 1 N–H and O–H groups in total. The standard InChI is InChI=1S/C21H18ClFN4O/c1-10-6-8-15-17(18(10)22)20(19-12(23)7-9-16(28)26-19)24-11(2)21-25-13-4-3-5-14(13)27(15)21/h6-9,11H,3-5H2,1-2H3,(H,26,28)/t11-/m0/s1. The quantitative estimate of drug-likeness (QED) is 0.674. The lowest BCUT2D eigenvalue weighted by atomic mass is 10.0. The molecule has 0 bridgehead atoms. The maximum atomic E-state index is 14.7. The number of hydrogen-bond acceptors (Lipinski definition) is 3. The number of aryl methyl sites for hydroxylation is 2. The molecule has 28 heavy (non-hydrogen) atoms. The number of pyridine rings is 1. The van der Waals surface area contributed by atoms with Gasteiger partial charge in [0.2, 0.25) is 5.56 Å². The summed E-state index contributed by atoms with van der Waals surface area (Å²) < 4.78 is 16.8. The third kappa shape index (κ3) is 2.41. The Bertz CT molecular complexity index is 1220. The topological polar surface area (TPSA) is 63.0 Å². The zero-order valence-electron chi connectivity index (χ0n) is 15.5. The van der Waals surface area contributed by atoms with E-state index in [1.807, 2.05) is 26.0 Å². The van der Waals surface area contributed by atoms with Gasteiger partial charge < -0.3 is 4.98 Å². The van der Waals surface area contributed by atoms with E-state index in [4.69, 9.17) is 21.6 Å². The lowest BCUT2D eigenvalue weighted by Crippen LogP contribution is -2.18. The largest absolute Gasteiger partial charge is 0.318 e. The van der Waals surface area contributed by atoms with Crippen molar-refractivity contribution in [2.24, 2.45) is 4.99 Å². The molecular weight excluding hydrogens is 379 g/mol. The number of nitrogens with one attached hydrogen (secondary N) is 1. The van der Waals surface area contributed by atoms with Crippen molar-refractivity contribution >= 4 is 17.3 Å². The summed E-state index contributed by atoms with van der Waals surface area (Å²) in [7, 11) is 0. The molecule has 1 atom stereocenters. The number of aromatic amines is 1. The fraction of sp³-hybridized carbons (Fsp3) is 0.286. The first-order valence-corrected chi connectivity index (χ1v) is 9.70. The molecule has 0 radical (unpaired) electrons. The third-order valence-electron chi connectivity index (χ3n) is 5.50. The van der Waals surface area contributed by atoms with E-state index in [1.165, 1.54) is 5.69 Å². The average molecular weight is 397 g/mol. The van der Waals surface area contributed by atoms with Crippen LogP contribution in [0.15, 0.2) is 34.1 Å². The van der Waals surface area contributed by atoms with Crippen molar-refractivity contribution in [3.63, 3.8) is 0 Å². The summed E-state index contributed by atoms with van der Waals surface area (Å²) in [5.41, 5.74) is 4.59. The molecular formula is C21H18ClFN4O. The van der Waals surface area contributed by atoms with Crippen LogP contribution in [0.5, 0.6) is 0 Å². The number of fused-ring (bicyclic) bond motifs is 5. The van der Waals surface area contributed by atoms with Crippen LogP contribution in [0.4, 0.5) is 4.39 Å². The minimum atomic E-state index is -0.543. The second-order valence-corrected chi connectivity index (χ2v) is 7.72. The van der Waals surface area contributed by atoms with Crippen LogP contribution in [-0.4, -0.2) is 20.2 Å². The highest BCUT2D eigenvalue weighted by atomic mass is 35.5. The van der Waals surface area contributed by atoms with Gasteiger partial charge in [-0.1, -0.05) is 17.7 Å². The summed E-state index contributed by atoms with van der Waals surface area (Å²) in [6.07, 6.45) is 2.95. The Labute approximate surface area is 165 Å². The molecule has 7 heteroatoms. The van der Waals surface area contributed by atoms with E-state index in [9.17, 15) is 9.18 Å². The van der Waals surface area contributed by atoms with Crippen molar-refractivity contribution in [1.29, 1.82) is 0 Å². The minimum Gasteiger partial charge on any atom is -0.318 e. The highest BCUT2D eigenvalue weighted by molar-refractivity contribution is 6.36. The molecule has 1 aromatic carbocycles. The fourth-order valence-electron chi connectivity index (χ4n) is 4.16. The van der Waals surface area contributed by atoms with Crippen LogP contribution < -0.4 is 5.56 Å². The maximum Gasteiger partial charge on any atom is 0.248 e. The molecule has 2 aromatic heterocycles. The summed E-state index contributed by atoms with van der Waals surface area (Å²) in [5.74, 6) is 0.276. The fourth-order valence-corrected chi connectivity index (χ4v) is 4.41. The molecule has 3 aromatic rings. The molecule has 3 heterocycles. The number of hydrogen-bond donors (Lipinski definition) is 1. The van der Waals surface area contributed by atoms with E-state index in [2.05, 4.69) is 9.55 Å². The number of aliphatic imine (C=N–C) groups is 1. The maximum absolute atomic E-state index is 14.7. The number of nitrogens with zero attached hydrogens (tertiary/aromatic N) is 3. The highest BCUT2D eigenvalue weighted by Gasteiger charge is 2.32. The van der Waals surface area contributed by atoms with E-state index in [0.29, 0.717) is 16.3 Å². The van der Waals surface area contributed by atoms with E-state index in [-0.39, 0.29) is 17.3 Å². The van der Waals surface area contributed by atoms with Crippen molar-refractivity contribution in [3.8, 4) is 5.69 Å². The van der Waals surface area contributed by atoms with Crippen LogP contribution in [0, 0.1) is 12.7 Å². The molecule has 5 rings (SSSR count). The number of aromatic nitrogens is 3. The zero-order valence-corrected chi connectivity index (χ0v) is 16.3. The third-order valence-corrected chi connectivity index (χ3v) is 5.99. The normalized spacial score (nSPS) is 17.6. The van der Waals surface area contributed by atoms with Gasteiger partial charge in [-0.3, -0.25) is 14.4 Å². The smallest absolute Gasteiger partial charge is 0.248 e. The van der Waals surface area contributed by atoms with E-state index < -0.39 is 5.82 Å². The van der Waals surface area contributed by atoms with Gasteiger partial charge in [0.15, 0.2) is 0 Å². The molecule has 1 aliphatic carbocycles. The second-order valence-electron chi connectivity index (χ2n) is 7.34. The van der Waals surface area contributed by atoms with Crippen LogP contribution in [0.2, 0.25) is 5.02 Å². The summed E-state index contributed by atoms with van der Waals surface area (Å²) in [6.45, 7) is 3.83. The van der Waals surface area contributed by atoms with Crippen LogP contribution in [-0.2, 0) is 12.8 Å². The van der Waals surface area contributed by atoms with Crippen LogP contribution in [0.25, 0.3) is 5.69 Å². The Hall–Kier alpha value is -2.73. The Kier molecular flexibility index (Phi) is 3.81. The molecule has 2 aliphatic rings. The molecule has 0 spiro atoms. The highest BCUT2D eigenvalue weighted by Crippen LogP contribution is 2.38. The van der Waals surface area contributed by atoms with Crippen molar-refractivity contribution in [2.45, 2.75) is 39.2 Å². The van der Waals surface area contributed by atoms with Gasteiger partial charge in [0.05, 0.1) is 22.1 Å². The summed E-state index contributed by atoms with van der Waals surface area (Å²) in [6, 6.07) is 5.94. The van der Waals surface area contributed by atoms with E-state index in [0.717, 1.165) is 54.2 Å². The minimum absolute atomic E-state index is 0.0514. The first-order chi connectivity index (χ1) is 13.5. The number of imidazole rings is 1. The van der Waals surface area contributed by atoms with E-state index in [1.54, 1.807) is 0 Å². The predicted molar refractivity (Wildman–Crippen MR) is 106 cm³/mol. The summed E-state index contributed by atoms with van der Waals surface area (Å²) in [4.78, 5) is 24.1. The number of halogens is 2. The number of rotatable bonds is 1. The van der Waals surface area contributed by atoms with Crippen molar-refractivity contribution < 1.29 is 4.39 Å². The van der Waals surface area contributed by atoms with Gasteiger partial charge in [0, 0.05) is 17.3 Å². The first kappa shape index (κ1) is 17.4. The molecule has 5 nitrogen and oxygen atoms in total. The van der Waals surface area contributed by atoms with Gasteiger partial charge in [-0.15, -0.1) is 0 Å². The number of H-pyrrole nitrogens is 1. The van der Waals surface area contributed by atoms with Crippen molar-refractivity contribution in [3.05, 3.63) is 79.5 Å². The predicted octanol–water partition coefficient (Wildman–Crippen LogP) is 4.06. The van der Waals surface area contributed by atoms with Gasteiger partial charge in [-0.05, 0) is 50.8 Å². The first-order valence-electron chi connectivity index (χ1n) is 9.33. The van der Waals surface area contributed by atoms with E-state index >= 15 is 0 Å². The molecule has 0 unspecified atom stereocenters. The number of benzene rings is 1.